The second-order valence-corrected chi connectivity index (χ2v) is 14.2. The lowest BCUT2D eigenvalue weighted by Gasteiger charge is -2.30. The molecule has 0 radical (unpaired) electrons. The average molecular weight is 561 g/mol. The Morgan fingerprint density at radius 3 is 2.38 bits per heavy atom. The molecule has 0 aromatic heterocycles. The van der Waals surface area contributed by atoms with Crippen LogP contribution in [0.25, 0.3) is 0 Å². The second-order valence-electron chi connectivity index (χ2n) is 12.0. The molecule has 2 heterocycles. The molecule has 2 saturated carbocycles. The van der Waals surface area contributed by atoms with Gasteiger partial charge in [0.1, 0.15) is 0 Å². The van der Waals surface area contributed by atoms with Crippen molar-refractivity contribution in [2.45, 2.75) is 125 Å². The molecule has 1 aromatic rings. The SMILES string of the molecule is CCCCC[C@@H](C=C[C@@H]1[C@H]2CC(S(=O)(=O)c3ccccc3)C[C@@H]2C[C@H]1OC1CCCCO1)OC1CCCCO1. The zero-order chi connectivity index (χ0) is 27.1. The van der Waals surface area contributed by atoms with Crippen LogP contribution in [-0.2, 0) is 28.8 Å². The molecule has 7 heteroatoms. The van der Waals surface area contributed by atoms with E-state index >= 15 is 0 Å². The van der Waals surface area contributed by atoms with Gasteiger partial charge in [-0.1, -0.05) is 56.5 Å². The Bertz CT molecular complexity index is 999. The number of hydrogen-bond acceptors (Lipinski definition) is 6. The molecular formula is C32H48O6S. The lowest BCUT2D eigenvalue weighted by molar-refractivity contribution is -0.193. The number of unbranched alkanes of at least 4 members (excludes halogenated alkanes) is 2. The summed E-state index contributed by atoms with van der Waals surface area (Å²) in [6.45, 7) is 3.76. The normalized spacial score (nSPS) is 34.3. The maximum absolute atomic E-state index is 13.5. The fourth-order valence-electron chi connectivity index (χ4n) is 7.13. The molecule has 4 aliphatic rings. The average Bonchev–Trinajstić information content (AvgIpc) is 3.52. The zero-order valence-corrected chi connectivity index (χ0v) is 24.4. The van der Waals surface area contributed by atoms with Crippen LogP contribution in [0.4, 0.5) is 0 Å². The Hall–Kier alpha value is -1.25. The van der Waals surface area contributed by atoms with Crippen molar-refractivity contribution in [2.75, 3.05) is 13.2 Å². The van der Waals surface area contributed by atoms with Crippen LogP contribution in [0.2, 0.25) is 0 Å². The lowest BCUT2D eigenvalue weighted by Crippen LogP contribution is -2.32. The molecule has 218 valence electrons. The van der Waals surface area contributed by atoms with Gasteiger partial charge in [-0.05, 0) is 88.2 Å². The van der Waals surface area contributed by atoms with Crippen molar-refractivity contribution in [1.29, 1.82) is 0 Å². The molecule has 0 spiro atoms. The second kappa shape index (κ2) is 14.1. The summed E-state index contributed by atoms with van der Waals surface area (Å²) in [5.74, 6) is 0.805. The third-order valence-electron chi connectivity index (χ3n) is 9.24. The summed E-state index contributed by atoms with van der Waals surface area (Å²) in [5, 5.41) is -0.329. The molecule has 0 N–H and O–H groups in total. The Morgan fingerprint density at radius 2 is 1.69 bits per heavy atom. The first-order valence-corrected chi connectivity index (χ1v) is 17.1. The quantitative estimate of drug-likeness (QED) is 0.206. The van der Waals surface area contributed by atoms with Gasteiger partial charge in [0.25, 0.3) is 0 Å². The highest BCUT2D eigenvalue weighted by molar-refractivity contribution is 7.92. The predicted octanol–water partition coefficient (Wildman–Crippen LogP) is 6.84. The van der Waals surface area contributed by atoms with Crippen molar-refractivity contribution >= 4 is 9.84 Å². The largest absolute Gasteiger partial charge is 0.353 e. The van der Waals surface area contributed by atoms with E-state index in [-0.39, 0.29) is 36.0 Å². The number of rotatable bonds is 12. The van der Waals surface area contributed by atoms with Crippen LogP contribution in [0.5, 0.6) is 0 Å². The van der Waals surface area contributed by atoms with Crippen LogP contribution in [-0.4, -0.2) is 51.7 Å². The zero-order valence-electron chi connectivity index (χ0n) is 23.6. The molecule has 0 amide bonds. The fourth-order valence-corrected chi connectivity index (χ4v) is 9.03. The van der Waals surface area contributed by atoms with Crippen LogP contribution in [0.3, 0.4) is 0 Å². The van der Waals surface area contributed by atoms with Gasteiger partial charge < -0.3 is 18.9 Å². The Morgan fingerprint density at radius 1 is 0.949 bits per heavy atom. The fraction of sp³-hybridized carbons (Fsp3) is 0.750. The van der Waals surface area contributed by atoms with Gasteiger partial charge in [0.05, 0.1) is 22.4 Å². The van der Waals surface area contributed by atoms with Gasteiger partial charge in [-0.15, -0.1) is 0 Å². The number of hydrogen-bond donors (Lipinski definition) is 0. The minimum atomic E-state index is -3.35. The molecule has 3 unspecified atom stereocenters. The molecule has 6 nitrogen and oxygen atoms in total. The van der Waals surface area contributed by atoms with Gasteiger partial charge >= 0.3 is 0 Å². The summed E-state index contributed by atoms with van der Waals surface area (Å²) in [6.07, 6.45) is 17.5. The van der Waals surface area contributed by atoms with E-state index in [1.165, 1.54) is 12.8 Å². The van der Waals surface area contributed by atoms with Crippen molar-refractivity contribution in [1.82, 2.24) is 0 Å². The monoisotopic (exact) mass is 560 g/mol. The minimum absolute atomic E-state index is 0.00975. The Labute approximate surface area is 235 Å². The third-order valence-corrected chi connectivity index (χ3v) is 11.4. The van der Waals surface area contributed by atoms with Crippen molar-refractivity contribution in [3.05, 3.63) is 42.5 Å². The van der Waals surface area contributed by atoms with Crippen molar-refractivity contribution in [3.63, 3.8) is 0 Å². The molecular weight excluding hydrogens is 512 g/mol. The molecule has 8 atom stereocenters. The first-order chi connectivity index (χ1) is 19.0. The van der Waals surface area contributed by atoms with Crippen LogP contribution in [0.15, 0.2) is 47.4 Å². The van der Waals surface area contributed by atoms with E-state index in [0.717, 1.165) is 71.0 Å². The van der Waals surface area contributed by atoms with Crippen molar-refractivity contribution in [2.24, 2.45) is 17.8 Å². The first-order valence-electron chi connectivity index (χ1n) is 15.6. The van der Waals surface area contributed by atoms with Crippen LogP contribution in [0.1, 0.15) is 90.4 Å². The van der Waals surface area contributed by atoms with Crippen molar-refractivity contribution < 1.29 is 27.4 Å². The summed E-state index contributed by atoms with van der Waals surface area (Å²) < 4.78 is 51.9. The van der Waals surface area contributed by atoms with Gasteiger partial charge in [0.2, 0.25) is 0 Å². The lowest BCUT2D eigenvalue weighted by atomic mass is 9.90. The highest BCUT2D eigenvalue weighted by Crippen LogP contribution is 2.52. The van der Waals surface area contributed by atoms with E-state index in [9.17, 15) is 8.42 Å². The number of fused-ring (bicyclic) bond motifs is 1. The van der Waals surface area contributed by atoms with Crippen LogP contribution in [0, 0.1) is 17.8 Å². The first kappa shape index (κ1) is 29.2. The minimum Gasteiger partial charge on any atom is -0.353 e. The van der Waals surface area contributed by atoms with Gasteiger partial charge in [-0.3, -0.25) is 0 Å². The summed E-state index contributed by atoms with van der Waals surface area (Å²) in [7, 11) is -3.35. The highest BCUT2D eigenvalue weighted by atomic mass is 32.2. The maximum Gasteiger partial charge on any atom is 0.181 e. The number of benzene rings is 1. The van der Waals surface area contributed by atoms with Gasteiger partial charge in [0.15, 0.2) is 22.4 Å². The summed E-state index contributed by atoms with van der Waals surface area (Å²) in [4.78, 5) is 0.447. The summed E-state index contributed by atoms with van der Waals surface area (Å²) in [6, 6.07) is 8.97. The van der Waals surface area contributed by atoms with Crippen molar-refractivity contribution in [3.8, 4) is 0 Å². The van der Waals surface area contributed by atoms with Gasteiger partial charge in [0, 0.05) is 19.1 Å². The molecule has 2 aliphatic carbocycles. The molecule has 0 bridgehead atoms. The Kier molecular flexibility index (Phi) is 10.6. The number of sulfone groups is 1. The molecule has 5 rings (SSSR count). The van der Waals surface area contributed by atoms with E-state index in [0.29, 0.717) is 29.6 Å². The van der Waals surface area contributed by atoms with Crippen LogP contribution < -0.4 is 0 Å². The summed E-state index contributed by atoms with van der Waals surface area (Å²) in [5.41, 5.74) is 0. The van der Waals surface area contributed by atoms with E-state index in [2.05, 4.69) is 19.1 Å². The van der Waals surface area contributed by atoms with E-state index in [1.807, 2.05) is 18.2 Å². The van der Waals surface area contributed by atoms with E-state index in [1.54, 1.807) is 12.1 Å². The van der Waals surface area contributed by atoms with Gasteiger partial charge in [-0.2, -0.15) is 0 Å². The van der Waals surface area contributed by atoms with Gasteiger partial charge in [-0.25, -0.2) is 8.42 Å². The number of ether oxygens (including phenoxy) is 4. The molecule has 2 saturated heterocycles. The summed E-state index contributed by atoms with van der Waals surface area (Å²) >= 11 is 0. The third kappa shape index (κ3) is 7.53. The maximum atomic E-state index is 13.5. The molecule has 1 aromatic carbocycles. The topological polar surface area (TPSA) is 71.1 Å². The Balaban J connectivity index is 1.32. The highest BCUT2D eigenvalue weighted by Gasteiger charge is 2.51. The smallest absolute Gasteiger partial charge is 0.181 e. The van der Waals surface area contributed by atoms with E-state index in [4.69, 9.17) is 18.9 Å². The van der Waals surface area contributed by atoms with E-state index < -0.39 is 9.84 Å². The predicted molar refractivity (Wildman–Crippen MR) is 152 cm³/mol. The molecule has 4 fully saturated rings. The standard InChI is InChI=1S/C32H48O6S/c1-2-3-5-12-25(37-31-15-8-10-19-35-31)17-18-28-29-23-27(39(33,34)26-13-6-4-7-14-26)21-24(29)22-30(28)38-32-16-9-11-20-36-32/h4,6-7,13-14,17-18,24-25,27-32H,2-3,5,8-12,15-16,19-23H2,1H3/t24-,25+,27?,28-,29+,30-,31?,32?/m1/s1. The molecule has 39 heavy (non-hydrogen) atoms. The van der Waals surface area contributed by atoms with Crippen LogP contribution >= 0.6 is 0 Å². The molecule has 2 aliphatic heterocycles.